The highest BCUT2D eigenvalue weighted by atomic mass is 16.3. The number of hydrogen-bond acceptors (Lipinski definition) is 4. The molecule has 0 aliphatic heterocycles. The number of phenolic OH excluding ortho intramolecular Hbond substituents is 2. The summed E-state index contributed by atoms with van der Waals surface area (Å²) in [5.74, 6) is -0.416. The number of aryl methyl sites for hydroxylation is 1. The van der Waals surface area contributed by atoms with Crippen LogP contribution in [0.5, 0.6) is 11.5 Å². The van der Waals surface area contributed by atoms with E-state index in [9.17, 15) is 15.0 Å². The summed E-state index contributed by atoms with van der Waals surface area (Å²) >= 11 is 0. The van der Waals surface area contributed by atoms with Crippen LogP contribution in [-0.4, -0.2) is 16.1 Å². The maximum Gasteiger partial charge on any atom is 0.248 e. The molecule has 0 aliphatic carbocycles. The van der Waals surface area contributed by atoms with Gasteiger partial charge in [-0.25, -0.2) is 0 Å². The van der Waals surface area contributed by atoms with Crippen LogP contribution in [0.3, 0.4) is 0 Å². The fourth-order valence-electron chi connectivity index (χ4n) is 2.19. The van der Waals surface area contributed by atoms with Gasteiger partial charge in [0.05, 0.1) is 6.04 Å². The van der Waals surface area contributed by atoms with Crippen LogP contribution in [0.4, 0.5) is 5.69 Å². The van der Waals surface area contributed by atoms with E-state index in [2.05, 4.69) is 5.32 Å². The number of hydrogen-bond donors (Lipinski definition) is 4. The first kappa shape index (κ1) is 14.7. The molecule has 0 saturated carbocycles. The molecule has 5 heteroatoms. The summed E-state index contributed by atoms with van der Waals surface area (Å²) in [7, 11) is 0. The van der Waals surface area contributed by atoms with E-state index in [4.69, 9.17) is 5.73 Å². The molecule has 1 unspecified atom stereocenters. The predicted octanol–water partition coefficient (Wildman–Crippen LogP) is 2.68. The quantitative estimate of drug-likeness (QED) is 0.695. The van der Waals surface area contributed by atoms with E-state index in [1.54, 1.807) is 24.3 Å². The molecule has 0 fully saturated rings. The highest BCUT2D eigenvalue weighted by Gasteiger charge is 2.12. The molecular weight excluding hydrogens is 268 g/mol. The van der Waals surface area contributed by atoms with Gasteiger partial charge in [0.1, 0.15) is 11.5 Å². The summed E-state index contributed by atoms with van der Waals surface area (Å²) < 4.78 is 0. The molecule has 1 amide bonds. The standard InChI is InChI=1S/C16H18N2O3/c1-9-7-11(16(17)21)3-6-14(9)18-10(2)13-5-4-12(19)8-15(13)20/h3-8,10,18-20H,1-2H3,(H2,17,21). The Morgan fingerprint density at radius 3 is 2.48 bits per heavy atom. The molecule has 1 atom stereocenters. The van der Waals surface area contributed by atoms with E-state index in [1.807, 2.05) is 13.8 Å². The van der Waals surface area contributed by atoms with Crippen molar-refractivity contribution in [1.29, 1.82) is 0 Å². The number of nitrogens with two attached hydrogens (primary N) is 1. The number of benzene rings is 2. The Labute approximate surface area is 123 Å². The number of carbonyl (C=O) groups excluding carboxylic acids is 1. The molecule has 0 aliphatic rings. The SMILES string of the molecule is Cc1cc(C(N)=O)ccc1NC(C)c1ccc(O)cc1O. The van der Waals surface area contributed by atoms with Gasteiger partial charge < -0.3 is 21.3 Å². The summed E-state index contributed by atoms with van der Waals surface area (Å²) in [6.07, 6.45) is 0. The molecule has 21 heavy (non-hydrogen) atoms. The summed E-state index contributed by atoms with van der Waals surface area (Å²) in [4.78, 5) is 11.1. The third kappa shape index (κ3) is 3.25. The summed E-state index contributed by atoms with van der Waals surface area (Å²) in [6, 6.07) is 9.48. The Morgan fingerprint density at radius 2 is 1.90 bits per heavy atom. The van der Waals surface area contributed by atoms with E-state index in [0.717, 1.165) is 11.3 Å². The smallest absolute Gasteiger partial charge is 0.248 e. The zero-order valence-corrected chi connectivity index (χ0v) is 11.9. The lowest BCUT2D eigenvalue weighted by Gasteiger charge is -2.19. The molecule has 2 aromatic rings. The number of rotatable bonds is 4. The molecule has 0 bridgehead atoms. The minimum atomic E-state index is -0.464. The monoisotopic (exact) mass is 286 g/mol. The van der Waals surface area contributed by atoms with Crippen LogP contribution in [0.2, 0.25) is 0 Å². The summed E-state index contributed by atoms with van der Waals surface area (Å²) in [5, 5.41) is 22.4. The lowest BCUT2D eigenvalue weighted by atomic mass is 10.0. The van der Waals surface area contributed by atoms with Crippen LogP contribution < -0.4 is 11.1 Å². The second kappa shape index (κ2) is 5.75. The molecule has 5 N–H and O–H groups in total. The van der Waals surface area contributed by atoms with Gasteiger partial charge in [-0.2, -0.15) is 0 Å². The van der Waals surface area contributed by atoms with Crippen LogP contribution in [0.15, 0.2) is 36.4 Å². The molecule has 0 saturated heterocycles. The molecule has 0 radical (unpaired) electrons. The summed E-state index contributed by atoms with van der Waals surface area (Å²) in [6.45, 7) is 3.77. The van der Waals surface area contributed by atoms with Crippen molar-refractivity contribution in [2.45, 2.75) is 19.9 Å². The zero-order chi connectivity index (χ0) is 15.6. The van der Waals surface area contributed by atoms with E-state index in [-0.39, 0.29) is 17.5 Å². The maximum absolute atomic E-state index is 11.1. The normalized spacial score (nSPS) is 11.9. The third-order valence-corrected chi connectivity index (χ3v) is 3.36. The van der Waals surface area contributed by atoms with Crippen LogP contribution in [0.1, 0.15) is 34.5 Å². The molecule has 2 aromatic carbocycles. The molecule has 110 valence electrons. The Bertz CT molecular complexity index is 683. The Kier molecular flexibility index (Phi) is 4.03. The van der Waals surface area contributed by atoms with Crippen molar-refractivity contribution >= 4 is 11.6 Å². The van der Waals surface area contributed by atoms with Crippen LogP contribution in [0.25, 0.3) is 0 Å². The molecule has 2 rings (SSSR count). The average Bonchev–Trinajstić information content (AvgIpc) is 2.40. The number of aromatic hydroxyl groups is 2. The van der Waals surface area contributed by atoms with Crippen molar-refractivity contribution < 1.29 is 15.0 Å². The van der Waals surface area contributed by atoms with Gasteiger partial charge in [-0.05, 0) is 49.7 Å². The van der Waals surface area contributed by atoms with Crippen LogP contribution in [-0.2, 0) is 0 Å². The fraction of sp³-hybridized carbons (Fsp3) is 0.188. The fourth-order valence-corrected chi connectivity index (χ4v) is 2.19. The van der Waals surface area contributed by atoms with Crippen molar-refractivity contribution in [3.05, 3.63) is 53.1 Å². The topological polar surface area (TPSA) is 95.6 Å². The Balaban J connectivity index is 2.23. The number of carbonyl (C=O) groups is 1. The molecule has 5 nitrogen and oxygen atoms in total. The Morgan fingerprint density at radius 1 is 1.19 bits per heavy atom. The van der Waals surface area contributed by atoms with Crippen molar-refractivity contribution in [1.82, 2.24) is 0 Å². The summed E-state index contributed by atoms with van der Waals surface area (Å²) in [5.41, 5.74) is 8.10. The van der Waals surface area contributed by atoms with E-state index in [1.165, 1.54) is 12.1 Å². The van der Waals surface area contributed by atoms with Gasteiger partial charge in [0.2, 0.25) is 5.91 Å². The zero-order valence-electron chi connectivity index (χ0n) is 11.9. The van der Waals surface area contributed by atoms with Gasteiger partial charge in [-0.3, -0.25) is 4.79 Å². The number of anilines is 1. The first-order chi connectivity index (χ1) is 9.88. The van der Waals surface area contributed by atoms with Crippen molar-refractivity contribution in [3.63, 3.8) is 0 Å². The van der Waals surface area contributed by atoms with E-state index in [0.29, 0.717) is 11.1 Å². The number of phenols is 2. The first-order valence-electron chi connectivity index (χ1n) is 6.57. The lowest BCUT2D eigenvalue weighted by Crippen LogP contribution is -2.12. The van der Waals surface area contributed by atoms with Gasteiger partial charge in [-0.15, -0.1) is 0 Å². The number of amides is 1. The predicted molar refractivity (Wildman–Crippen MR) is 81.5 cm³/mol. The van der Waals surface area contributed by atoms with Gasteiger partial charge in [0.25, 0.3) is 0 Å². The largest absolute Gasteiger partial charge is 0.508 e. The third-order valence-electron chi connectivity index (χ3n) is 3.36. The second-order valence-corrected chi connectivity index (χ2v) is 5.00. The van der Waals surface area contributed by atoms with Crippen LogP contribution in [0, 0.1) is 6.92 Å². The maximum atomic E-state index is 11.1. The molecule has 0 spiro atoms. The lowest BCUT2D eigenvalue weighted by molar-refractivity contribution is 0.1000. The molecular formula is C16H18N2O3. The number of primary amides is 1. The number of nitrogens with one attached hydrogen (secondary N) is 1. The minimum Gasteiger partial charge on any atom is -0.508 e. The van der Waals surface area contributed by atoms with Gasteiger partial charge >= 0.3 is 0 Å². The van der Waals surface area contributed by atoms with E-state index >= 15 is 0 Å². The molecule has 0 aromatic heterocycles. The van der Waals surface area contributed by atoms with Crippen LogP contribution >= 0.6 is 0 Å². The van der Waals surface area contributed by atoms with Crippen molar-refractivity contribution in [2.75, 3.05) is 5.32 Å². The minimum absolute atomic E-state index is 0.0189. The van der Waals surface area contributed by atoms with E-state index < -0.39 is 5.91 Å². The van der Waals surface area contributed by atoms with Gasteiger partial charge in [-0.1, -0.05) is 0 Å². The highest BCUT2D eigenvalue weighted by Crippen LogP contribution is 2.30. The average molecular weight is 286 g/mol. The Hall–Kier alpha value is -2.69. The second-order valence-electron chi connectivity index (χ2n) is 5.00. The highest BCUT2D eigenvalue weighted by molar-refractivity contribution is 5.93. The van der Waals surface area contributed by atoms with Crippen molar-refractivity contribution in [3.8, 4) is 11.5 Å². The van der Waals surface area contributed by atoms with Gasteiger partial charge in [0.15, 0.2) is 0 Å². The molecule has 0 heterocycles. The first-order valence-corrected chi connectivity index (χ1v) is 6.57. The van der Waals surface area contributed by atoms with Gasteiger partial charge in [0, 0.05) is 22.9 Å². The van der Waals surface area contributed by atoms with Crippen molar-refractivity contribution in [2.24, 2.45) is 5.73 Å².